The van der Waals surface area contributed by atoms with Gasteiger partial charge < -0.3 is 20.1 Å². The molecule has 0 heterocycles. The second kappa shape index (κ2) is 18.3. The van der Waals surface area contributed by atoms with Crippen LogP contribution in [0.1, 0.15) is 20.7 Å². The molecule has 6 aromatic carbocycles. The number of hydrogen-bond acceptors (Lipinski definition) is 6. The van der Waals surface area contributed by atoms with Gasteiger partial charge in [0.2, 0.25) is 0 Å². The Morgan fingerprint density at radius 3 is 0.981 bits per heavy atom. The molecule has 6 aromatic rings. The summed E-state index contributed by atoms with van der Waals surface area (Å²) in [6, 6.07) is 50.3. The van der Waals surface area contributed by atoms with Crippen molar-refractivity contribution in [1.82, 2.24) is 10.6 Å². The summed E-state index contributed by atoms with van der Waals surface area (Å²) in [5, 5.41) is 5.59. The zero-order valence-corrected chi connectivity index (χ0v) is 29.3. The third-order valence-electron chi connectivity index (χ3n) is 8.22. The van der Waals surface area contributed by atoms with Crippen LogP contribution in [-0.4, -0.2) is 49.9 Å². The van der Waals surface area contributed by atoms with Gasteiger partial charge in [-0.05, 0) is 72.8 Å². The predicted octanol–water partition coefficient (Wildman–Crippen LogP) is 7.33. The summed E-state index contributed by atoms with van der Waals surface area (Å²) in [5.41, 5.74) is 3.23. The first kappa shape index (κ1) is 36.6. The minimum atomic E-state index is -0.432. The molecule has 0 aliphatic heterocycles. The van der Waals surface area contributed by atoms with Crippen LogP contribution in [0.2, 0.25) is 0 Å². The van der Waals surface area contributed by atoms with Crippen LogP contribution >= 0.6 is 0 Å². The topological polar surface area (TPSA) is 117 Å². The second-order valence-corrected chi connectivity index (χ2v) is 11.9. The van der Waals surface area contributed by atoms with Crippen LogP contribution in [0.25, 0.3) is 0 Å². The molecule has 0 bridgehead atoms. The molecular formula is C44H38N4O6. The van der Waals surface area contributed by atoms with E-state index in [0.29, 0.717) is 22.7 Å². The minimum absolute atomic E-state index is 0.109. The van der Waals surface area contributed by atoms with Gasteiger partial charge in [0.1, 0.15) is 11.5 Å². The number of ether oxygens (including phenoxy) is 2. The Morgan fingerprint density at radius 2 is 0.667 bits per heavy atom. The van der Waals surface area contributed by atoms with E-state index in [-0.39, 0.29) is 60.7 Å². The Morgan fingerprint density at radius 1 is 0.389 bits per heavy atom. The van der Waals surface area contributed by atoms with Crippen LogP contribution in [0.5, 0.6) is 11.5 Å². The molecule has 0 aliphatic rings. The van der Waals surface area contributed by atoms with Gasteiger partial charge in [0, 0.05) is 35.8 Å². The van der Waals surface area contributed by atoms with Gasteiger partial charge in [0.25, 0.3) is 23.6 Å². The maximum atomic E-state index is 13.5. The SMILES string of the molecule is O=C(NCCNC(=O)c1ccccc1OCC(=O)N(c1ccccc1)c1ccccc1)c1ccccc1OCC(=O)N(c1ccccc1)c1ccccc1. The number of anilines is 4. The highest BCUT2D eigenvalue weighted by molar-refractivity contribution is 6.03. The van der Waals surface area contributed by atoms with Crippen LogP contribution in [0.15, 0.2) is 170 Å². The Balaban J connectivity index is 1.02. The van der Waals surface area contributed by atoms with Crippen molar-refractivity contribution in [2.75, 3.05) is 36.1 Å². The molecule has 2 N–H and O–H groups in total. The Hall–Kier alpha value is -7.20. The maximum absolute atomic E-state index is 13.5. The first-order valence-corrected chi connectivity index (χ1v) is 17.4. The zero-order chi connectivity index (χ0) is 37.5. The summed E-state index contributed by atoms with van der Waals surface area (Å²) >= 11 is 0. The maximum Gasteiger partial charge on any atom is 0.269 e. The summed E-state index contributed by atoms with van der Waals surface area (Å²) < 4.78 is 11.8. The van der Waals surface area contributed by atoms with Crippen molar-refractivity contribution in [2.24, 2.45) is 0 Å². The first-order valence-electron chi connectivity index (χ1n) is 17.4. The molecule has 0 fully saturated rings. The van der Waals surface area contributed by atoms with Crippen LogP contribution in [-0.2, 0) is 9.59 Å². The molecule has 0 saturated carbocycles. The van der Waals surface area contributed by atoms with E-state index in [2.05, 4.69) is 10.6 Å². The minimum Gasteiger partial charge on any atom is -0.483 e. The molecule has 4 amide bonds. The molecule has 0 unspecified atom stereocenters. The van der Waals surface area contributed by atoms with Crippen molar-refractivity contribution in [3.05, 3.63) is 181 Å². The lowest BCUT2D eigenvalue weighted by molar-refractivity contribution is -0.120. The molecule has 0 saturated heterocycles. The number of carbonyl (C=O) groups excluding carboxylic acids is 4. The lowest BCUT2D eigenvalue weighted by atomic mass is 10.2. The van der Waals surface area contributed by atoms with E-state index in [1.807, 2.05) is 121 Å². The van der Waals surface area contributed by atoms with Crippen LogP contribution < -0.4 is 29.9 Å². The van der Waals surface area contributed by atoms with E-state index in [4.69, 9.17) is 9.47 Å². The number of para-hydroxylation sites is 6. The summed E-state index contributed by atoms with van der Waals surface area (Å²) in [4.78, 5) is 56.5. The molecule has 0 aromatic heterocycles. The van der Waals surface area contributed by atoms with Crippen molar-refractivity contribution in [3.63, 3.8) is 0 Å². The fourth-order valence-corrected chi connectivity index (χ4v) is 5.69. The largest absolute Gasteiger partial charge is 0.483 e. The number of amides is 4. The number of rotatable bonds is 15. The molecule has 0 aliphatic carbocycles. The summed E-state index contributed by atoms with van der Waals surface area (Å²) in [7, 11) is 0. The molecule has 0 spiro atoms. The van der Waals surface area contributed by atoms with E-state index in [1.165, 1.54) is 0 Å². The lowest BCUT2D eigenvalue weighted by Gasteiger charge is -2.23. The van der Waals surface area contributed by atoms with Gasteiger partial charge in [-0.3, -0.25) is 29.0 Å². The van der Waals surface area contributed by atoms with Gasteiger partial charge in [0.05, 0.1) is 11.1 Å². The average Bonchev–Trinajstić information content (AvgIpc) is 3.22. The molecule has 0 atom stereocenters. The summed E-state index contributed by atoms with van der Waals surface area (Å²) in [5.74, 6) is -1.01. The van der Waals surface area contributed by atoms with Crippen molar-refractivity contribution in [1.29, 1.82) is 0 Å². The third kappa shape index (κ3) is 9.36. The van der Waals surface area contributed by atoms with Crippen molar-refractivity contribution in [3.8, 4) is 11.5 Å². The molecule has 10 nitrogen and oxygen atoms in total. The summed E-state index contributed by atoms with van der Waals surface area (Å²) in [6.45, 7) is -0.405. The van der Waals surface area contributed by atoms with E-state index in [9.17, 15) is 19.2 Å². The molecule has 54 heavy (non-hydrogen) atoms. The average molecular weight is 719 g/mol. The Labute approximate surface area is 313 Å². The third-order valence-corrected chi connectivity index (χ3v) is 8.22. The Kier molecular flexibility index (Phi) is 12.4. The molecular weight excluding hydrogens is 681 g/mol. The van der Waals surface area contributed by atoms with Crippen molar-refractivity contribution in [2.45, 2.75) is 0 Å². The number of carbonyl (C=O) groups is 4. The lowest BCUT2D eigenvalue weighted by Crippen LogP contribution is -2.35. The Bertz CT molecular complexity index is 1930. The van der Waals surface area contributed by atoms with Gasteiger partial charge in [-0.15, -0.1) is 0 Å². The number of nitrogens with one attached hydrogen (secondary N) is 2. The van der Waals surface area contributed by atoms with Crippen LogP contribution in [0.4, 0.5) is 22.7 Å². The standard InChI is InChI=1S/C44H38N4O6/c49-41(47(33-17-5-1-6-18-33)34-19-7-2-8-20-34)31-53-39-27-15-13-25-37(39)43(51)45-29-30-46-44(52)38-26-14-16-28-40(38)54-32-42(50)48(35-21-9-3-10-22-35)36-23-11-4-12-24-36/h1-28H,29-32H2,(H,45,51)(H,46,52). The van der Waals surface area contributed by atoms with Gasteiger partial charge in [-0.25, -0.2) is 0 Å². The second-order valence-electron chi connectivity index (χ2n) is 11.9. The van der Waals surface area contributed by atoms with E-state index >= 15 is 0 Å². The number of hydrogen-bond donors (Lipinski definition) is 2. The first-order chi connectivity index (χ1) is 26.5. The molecule has 10 heteroatoms. The predicted molar refractivity (Wildman–Crippen MR) is 209 cm³/mol. The number of nitrogens with zero attached hydrogens (tertiary/aromatic N) is 2. The highest BCUT2D eigenvalue weighted by Crippen LogP contribution is 2.27. The zero-order valence-electron chi connectivity index (χ0n) is 29.3. The molecule has 270 valence electrons. The number of benzene rings is 6. The fraction of sp³-hybridized carbons (Fsp3) is 0.0909. The van der Waals surface area contributed by atoms with E-state index < -0.39 is 11.8 Å². The van der Waals surface area contributed by atoms with Crippen molar-refractivity contribution >= 4 is 46.4 Å². The van der Waals surface area contributed by atoms with Crippen LogP contribution in [0.3, 0.4) is 0 Å². The van der Waals surface area contributed by atoms with Gasteiger partial charge in [0.15, 0.2) is 13.2 Å². The van der Waals surface area contributed by atoms with Gasteiger partial charge >= 0.3 is 0 Å². The van der Waals surface area contributed by atoms with Gasteiger partial charge in [-0.1, -0.05) is 97.1 Å². The van der Waals surface area contributed by atoms with Crippen LogP contribution in [0, 0.1) is 0 Å². The molecule has 0 radical (unpaired) electrons. The highest BCUT2D eigenvalue weighted by atomic mass is 16.5. The van der Waals surface area contributed by atoms with E-state index in [0.717, 1.165) is 0 Å². The summed E-state index contributed by atoms with van der Waals surface area (Å²) in [6.07, 6.45) is 0. The van der Waals surface area contributed by atoms with Gasteiger partial charge in [-0.2, -0.15) is 0 Å². The highest BCUT2D eigenvalue weighted by Gasteiger charge is 2.22. The smallest absolute Gasteiger partial charge is 0.269 e. The fourth-order valence-electron chi connectivity index (χ4n) is 5.69. The quantitative estimate of drug-likeness (QED) is 0.107. The molecule has 6 rings (SSSR count). The normalized spacial score (nSPS) is 10.4. The van der Waals surface area contributed by atoms with E-state index in [1.54, 1.807) is 58.3 Å². The van der Waals surface area contributed by atoms with Crippen molar-refractivity contribution < 1.29 is 28.7 Å². The monoisotopic (exact) mass is 718 g/mol.